The monoisotopic (exact) mass is 423 g/mol. The van der Waals surface area contributed by atoms with Gasteiger partial charge >= 0.3 is 6.18 Å². The highest BCUT2D eigenvalue weighted by Crippen LogP contribution is 2.35. The number of hydrogen-bond acceptors (Lipinski definition) is 6. The summed E-state index contributed by atoms with van der Waals surface area (Å²) in [4.78, 5) is 3.88. The zero-order valence-electron chi connectivity index (χ0n) is 16.5. The SMILES string of the molecule is CC(C)(C#N)c1ccc(Nc2nnc3cc(-c4ncccc4C(F)(F)F)cnn23)cc1. The predicted molar refractivity (Wildman–Crippen MR) is 107 cm³/mol. The number of halogens is 3. The molecule has 0 bridgehead atoms. The fourth-order valence-corrected chi connectivity index (χ4v) is 3.03. The Balaban J connectivity index is 1.65. The number of nitrogens with one attached hydrogen (secondary N) is 1. The van der Waals surface area contributed by atoms with Crippen molar-refractivity contribution in [2.45, 2.75) is 25.4 Å². The molecular weight excluding hydrogens is 407 g/mol. The molecule has 0 unspecified atom stereocenters. The maximum Gasteiger partial charge on any atom is 0.418 e. The first-order valence-electron chi connectivity index (χ1n) is 9.22. The molecule has 0 spiro atoms. The van der Waals surface area contributed by atoms with E-state index in [1.165, 1.54) is 29.0 Å². The minimum atomic E-state index is -4.54. The van der Waals surface area contributed by atoms with Gasteiger partial charge in [-0.05, 0) is 49.7 Å². The van der Waals surface area contributed by atoms with Crippen molar-refractivity contribution in [2.75, 3.05) is 5.32 Å². The molecule has 3 aromatic heterocycles. The molecule has 0 atom stereocenters. The van der Waals surface area contributed by atoms with E-state index >= 15 is 0 Å². The van der Waals surface area contributed by atoms with Crippen molar-refractivity contribution in [1.29, 1.82) is 5.26 Å². The Morgan fingerprint density at radius 3 is 2.48 bits per heavy atom. The summed E-state index contributed by atoms with van der Waals surface area (Å²) in [5.74, 6) is 0.297. The van der Waals surface area contributed by atoms with Crippen LogP contribution < -0.4 is 5.32 Å². The van der Waals surface area contributed by atoms with E-state index in [-0.39, 0.29) is 16.9 Å². The van der Waals surface area contributed by atoms with Gasteiger partial charge in [-0.25, -0.2) is 0 Å². The van der Waals surface area contributed by atoms with E-state index in [0.717, 1.165) is 11.6 Å². The summed E-state index contributed by atoms with van der Waals surface area (Å²) >= 11 is 0. The lowest BCUT2D eigenvalue weighted by molar-refractivity contribution is -0.137. The summed E-state index contributed by atoms with van der Waals surface area (Å²) in [6.07, 6.45) is -1.96. The van der Waals surface area contributed by atoms with Crippen LogP contribution in [-0.2, 0) is 11.6 Å². The number of alkyl halides is 3. The van der Waals surface area contributed by atoms with E-state index < -0.39 is 17.2 Å². The second kappa shape index (κ2) is 7.36. The zero-order chi connectivity index (χ0) is 22.2. The molecule has 0 aliphatic carbocycles. The summed E-state index contributed by atoms with van der Waals surface area (Å²) in [5.41, 5.74) is 0.326. The number of aromatic nitrogens is 5. The van der Waals surface area contributed by atoms with Crippen molar-refractivity contribution in [1.82, 2.24) is 24.8 Å². The fourth-order valence-electron chi connectivity index (χ4n) is 3.03. The van der Waals surface area contributed by atoms with E-state index in [1.807, 2.05) is 26.0 Å². The number of nitriles is 1. The summed E-state index contributed by atoms with van der Waals surface area (Å²) in [7, 11) is 0. The van der Waals surface area contributed by atoms with Crippen molar-refractivity contribution < 1.29 is 13.2 Å². The average Bonchev–Trinajstić information content (AvgIpc) is 3.15. The number of fused-ring (bicyclic) bond motifs is 1. The number of anilines is 2. The first-order valence-corrected chi connectivity index (χ1v) is 9.22. The van der Waals surface area contributed by atoms with Crippen LogP contribution >= 0.6 is 0 Å². The van der Waals surface area contributed by atoms with Crippen LogP contribution in [0.15, 0.2) is 54.9 Å². The van der Waals surface area contributed by atoms with E-state index in [2.05, 4.69) is 31.7 Å². The molecule has 3 heterocycles. The Morgan fingerprint density at radius 2 is 1.81 bits per heavy atom. The molecule has 4 aromatic rings. The van der Waals surface area contributed by atoms with E-state index in [0.29, 0.717) is 11.6 Å². The standard InChI is InChI=1S/C21H16F3N7/c1-20(2,12-25)14-5-7-15(8-6-14)28-19-30-29-17-10-13(11-27-31(17)19)18-16(21(22,23)24)4-3-9-26-18/h3-11H,1-2H3,(H,28,30). The van der Waals surface area contributed by atoms with Gasteiger partial charge < -0.3 is 5.32 Å². The highest BCUT2D eigenvalue weighted by atomic mass is 19.4. The summed E-state index contributed by atoms with van der Waals surface area (Å²) in [5, 5.41) is 24.5. The summed E-state index contributed by atoms with van der Waals surface area (Å²) in [6.45, 7) is 3.66. The Kier molecular flexibility index (Phi) is 4.81. The first kappa shape index (κ1) is 20.3. The quantitative estimate of drug-likeness (QED) is 0.509. The molecule has 4 rings (SSSR count). The van der Waals surface area contributed by atoms with Gasteiger partial charge in [-0.15, -0.1) is 10.2 Å². The normalized spacial score (nSPS) is 12.0. The number of hydrogen-bond donors (Lipinski definition) is 1. The smallest absolute Gasteiger partial charge is 0.323 e. The third-order valence-electron chi connectivity index (χ3n) is 4.79. The van der Waals surface area contributed by atoms with E-state index in [9.17, 15) is 18.4 Å². The maximum absolute atomic E-state index is 13.3. The van der Waals surface area contributed by atoms with Gasteiger partial charge in [-0.2, -0.15) is 28.0 Å². The Labute approximate surface area is 175 Å². The van der Waals surface area contributed by atoms with E-state index in [1.54, 1.807) is 12.1 Å². The molecule has 7 nitrogen and oxygen atoms in total. The second-order valence-electron chi connectivity index (χ2n) is 7.37. The Morgan fingerprint density at radius 1 is 1.06 bits per heavy atom. The fraction of sp³-hybridized carbons (Fsp3) is 0.190. The molecule has 0 aliphatic heterocycles. The van der Waals surface area contributed by atoms with Gasteiger partial charge in [0, 0.05) is 17.4 Å². The predicted octanol–water partition coefficient (Wildman–Crippen LogP) is 4.75. The molecular formula is C21H16F3N7. The largest absolute Gasteiger partial charge is 0.418 e. The zero-order valence-corrected chi connectivity index (χ0v) is 16.5. The Hall–Kier alpha value is -4.00. The molecule has 0 saturated carbocycles. The van der Waals surface area contributed by atoms with Gasteiger partial charge in [-0.3, -0.25) is 4.98 Å². The van der Waals surface area contributed by atoms with Crippen molar-refractivity contribution >= 4 is 17.3 Å². The highest BCUT2D eigenvalue weighted by molar-refractivity contribution is 5.67. The molecule has 0 aliphatic rings. The van der Waals surface area contributed by atoms with Crippen LogP contribution in [0, 0.1) is 11.3 Å². The van der Waals surface area contributed by atoms with Crippen molar-refractivity contribution in [2.24, 2.45) is 0 Å². The Bertz CT molecular complexity index is 1290. The molecule has 0 saturated heterocycles. The van der Waals surface area contributed by atoms with Crippen LogP contribution in [0.3, 0.4) is 0 Å². The van der Waals surface area contributed by atoms with Gasteiger partial charge in [-0.1, -0.05) is 12.1 Å². The lowest BCUT2D eigenvalue weighted by Crippen LogP contribution is -2.13. The minimum absolute atomic E-state index is 0.183. The molecule has 10 heteroatoms. The van der Waals surface area contributed by atoms with Gasteiger partial charge in [0.05, 0.1) is 28.9 Å². The maximum atomic E-state index is 13.3. The van der Waals surface area contributed by atoms with Crippen LogP contribution in [0.25, 0.3) is 16.9 Å². The lowest BCUT2D eigenvalue weighted by atomic mass is 9.86. The van der Waals surface area contributed by atoms with Crippen LogP contribution in [0.2, 0.25) is 0 Å². The van der Waals surface area contributed by atoms with Crippen molar-refractivity contribution in [3.05, 3.63) is 66.0 Å². The van der Waals surface area contributed by atoms with E-state index in [4.69, 9.17) is 0 Å². The van der Waals surface area contributed by atoms with Crippen molar-refractivity contribution in [3.63, 3.8) is 0 Å². The first-order chi connectivity index (χ1) is 14.7. The van der Waals surface area contributed by atoms with Crippen LogP contribution in [0.1, 0.15) is 25.0 Å². The topological polar surface area (TPSA) is 91.8 Å². The van der Waals surface area contributed by atoms with Crippen molar-refractivity contribution in [3.8, 4) is 17.3 Å². The third-order valence-corrected chi connectivity index (χ3v) is 4.79. The molecule has 0 radical (unpaired) electrons. The molecule has 0 fully saturated rings. The van der Waals surface area contributed by atoms with Crippen LogP contribution in [0.4, 0.5) is 24.8 Å². The van der Waals surface area contributed by atoms with Gasteiger partial charge in [0.25, 0.3) is 0 Å². The number of benzene rings is 1. The number of nitrogens with zero attached hydrogens (tertiary/aromatic N) is 6. The number of rotatable bonds is 4. The molecule has 0 amide bonds. The molecule has 156 valence electrons. The molecule has 31 heavy (non-hydrogen) atoms. The van der Waals surface area contributed by atoms with Gasteiger partial charge in [0.2, 0.25) is 5.95 Å². The van der Waals surface area contributed by atoms with Crippen LogP contribution in [-0.4, -0.2) is 24.8 Å². The molecule has 1 aromatic carbocycles. The van der Waals surface area contributed by atoms with Gasteiger partial charge in [0.15, 0.2) is 5.65 Å². The highest BCUT2D eigenvalue weighted by Gasteiger charge is 2.34. The molecule has 1 N–H and O–H groups in total. The number of pyridine rings is 1. The minimum Gasteiger partial charge on any atom is -0.323 e. The lowest BCUT2D eigenvalue weighted by Gasteiger charge is -2.16. The summed E-state index contributed by atoms with van der Waals surface area (Å²) < 4.78 is 41.3. The second-order valence-corrected chi connectivity index (χ2v) is 7.37. The average molecular weight is 423 g/mol. The van der Waals surface area contributed by atoms with Gasteiger partial charge in [0.1, 0.15) is 0 Å². The van der Waals surface area contributed by atoms with Crippen LogP contribution in [0.5, 0.6) is 0 Å². The third kappa shape index (κ3) is 3.90. The summed E-state index contributed by atoms with van der Waals surface area (Å²) in [6, 6.07) is 13.2.